The lowest BCUT2D eigenvalue weighted by Crippen LogP contribution is -2.37. The Morgan fingerprint density at radius 2 is 1.62 bits per heavy atom. The molecule has 0 aromatic rings. The van der Waals surface area contributed by atoms with E-state index < -0.39 is 0 Å². The Morgan fingerprint density at radius 1 is 1.08 bits per heavy atom. The highest BCUT2D eigenvalue weighted by Crippen LogP contribution is 2.67. The van der Waals surface area contributed by atoms with E-state index in [1.807, 2.05) is 0 Å². The van der Waals surface area contributed by atoms with Crippen LogP contribution in [0, 0.1) is 16.7 Å². The second-order valence-electron chi connectivity index (χ2n) is 6.03. The summed E-state index contributed by atoms with van der Waals surface area (Å²) in [5.74, 6) is 0.889. The summed E-state index contributed by atoms with van der Waals surface area (Å²) in [6.07, 6.45) is 4.26. The minimum atomic E-state index is 0.559. The minimum absolute atomic E-state index is 0.559. The lowest BCUT2D eigenvalue weighted by molar-refractivity contribution is 0.326. The van der Waals surface area contributed by atoms with Gasteiger partial charge in [0.2, 0.25) is 0 Å². The molecule has 0 aliphatic heterocycles. The zero-order valence-corrected chi connectivity index (χ0v) is 9.48. The van der Waals surface area contributed by atoms with Crippen LogP contribution < -0.4 is 5.32 Å². The van der Waals surface area contributed by atoms with Crippen LogP contribution in [0.25, 0.3) is 0 Å². The molecule has 0 spiro atoms. The second-order valence-corrected chi connectivity index (χ2v) is 6.03. The van der Waals surface area contributed by atoms with Gasteiger partial charge in [0.1, 0.15) is 0 Å². The molecule has 1 heteroatoms. The highest BCUT2D eigenvalue weighted by atomic mass is 15.0. The molecule has 2 aliphatic rings. The van der Waals surface area contributed by atoms with Crippen molar-refractivity contribution in [2.75, 3.05) is 6.54 Å². The van der Waals surface area contributed by atoms with Crippen LogP contribution in [-0.4, -0.2) is 12.6 Å². The molecule has 0 unspecified atom stereocenters. The molecule has 0 radical (unpaired) electrons. The van der Waals surface area contributed by atoms with E-state index in [1.165, 1.54) is 25.8 Å². The van der Waals surface area contributed by atoms with Crippen LogP contribution in [0.2, 0.25) is 0 Å². The smallest absolute Gasteiger partial charge is 0.00672 e. The van der Waals surface area contributed by atoms with Gasteiger partial charge >= 0.3 is 0 Å². The lowest BCUT2D eigenvalue weighted by atomic mass is 9.93. The fourth-order valence-electron chi connectivity index (χ4n) is 2.74. The third-order valence-electron chi connectivity index (χ3n) is 5.04. The zero-order chi connectivity index (χ0) is 9.69. The number of hydrogen-bond donors (Lipinski definition) is 1. The molecule has 0 bridgehead atoms. The first-order chi connectivity index (χ1) is 5.96. The van der Waals surface area contributed by atoms with E-state index in [0.29, 0.717) is 10.8 Å². The van der Waals surface area contributed by atoms with Gasteiger partial charge in [0, 0.05) is 6.04 Å². The maximum Gasteiger partial charge on any atom is 0.00672 e. The quantitative estimate of drug-likeness (QED) is 0.706. The van der Waals surface area contributed by atoms with E-state index in [0.717, 1.165) is 12.0 Å². The fraction of sp³-hybridized carbons (Fsp3) is 1.00. The van der Waals surface area contributed by atoms with Gasteiger partial charge in [-0.05, 0) is 36.1 Å². The highest BCUT2D eigenvalue weighted by Gasteiger charge is 2.63. The molecule has 0 atom stereocenters. The summed E-state index contributed by atoms with van der Waals surface area (Å²) in [4.78, 5) is 0. The Morgan fingerprint density at radius 3 is 1.92 bits per heavy atom. The molecule has 2 rings (SSSR count). The molecule has 2 saturated carbocycles. The SMILES string of the molecule is CC1(C)C(CNC2CCC2)C1(C)C. The summed E-state index contributed by atoms with van der Waals surface area (Å²) >= 11 is 0. The Kier molecular flexibility index (Phi) is 1.99. The van der Waals surface area contributed by atoms with Crippen LogP contribution in [0.3, 0.4) is 0 Å². The normalized spacial score (nSPS) is 31.4. The molecule has 0 amide bonds. The molecule has 76 valence electrons. The van der Waals surface area contributed by atoms with Gasteiger partial charge in [0.25, 0.3) is 0 Å². The summed E-state index contributed by atoms with van der Waals surface area (Å²) in [6, 6.07) is 0.854. The standard InChI is InChI=1S/C12H23N/c1-11(2)10(12(11,3)4)8-13-9-6-5-7-9/h9-10,13H,5-8H2,1-4H3. The van der Waals surface area contributed by atoms with Crippen molar-refractivity contribution in [3.63, 3.8) is 0 Å². The number of rotatable bonds is 3. The van der Waals surface area contributed by atoms with E-state index in [1.54, 1.807) is 0 Å². The molecular weight excluding hydrogens is 158 g/mol. The van der Waals surface area contributed by atoms with Crippen molar-refractivity contribution in [1.29, 1.82) is 0 Å². The molecule has 0 heterocycles. The monoisotopic (exact) mass is 181 g/mol. The first-order valence-corrected chi connectivity index (χ1v) is 5.69. The van der Waals surface area contributed by atoms with Gasteiger partial charge in [-0.3, -0.25) is 0 Å². The van der Waals surface area contributed by atoms with Crippen LogP contribution in [0.15, 0.2) is 0 Å². The molecule has 0 aromatic carbocycles. The second kappa shape index (κ2) is 2.73. The average molecular weight is 181 g/mol. The van der Waals surface area contributed by atoms with Crippen molar-refractivity contribution in [2.24, 2.45) is 16.7 Å². The molecular formula is C12H23N. The molecule has 1 nitrogen and oxygen atoms in total. The molecule has 2 aliphatic carbocycles. The largest absolute Gasteiger partial charge is 0.314 e. The van der Waals surface area contributed by atoms with Gasteiger partial charge in [0.05, 0.1) is 0 Å². The number of nitrogens with one attached hydrogen (secondary N) is 1. The van der Waals surface area contributed by atoms with Crippen LogP contribution in [0.4, 0.5) is 0 Å². The van der Waals surface area contributed by atoms with Crippen LogP contribution >= 0.6 is 0 Å². The summed E-state index contributed by atoms with van der Waals surface area (Å²) in [6.45, 7) is 10.9. The van der Waals surface area contributed by atoms with Gasteiger partial charge in [-0.2, -0.15) is 0 Å². The Hall–Kier alpha value is -0.0400. The van der Waals surface area contributed by atoms with Crippen LogP contribution in [-0.2, 0) is 0 Å². The molecule has 0 aromatic heterocycles. The van der Waals surface area contributed by atoms with Gasteiger partial charge in [-0.1, -0.05) is 34.1 Å². The average Bonchev–Trinajstić information content (AvgIpc) is 2.27. The third kappa shape index (κ3) is 1.32. The molecule has 0 saturated heterocycles. The van der Waals surface area contributed by atoms with E-state index >= 15 is 0 Å². The summed E-state index contributed by atoms with van der Waals surface area (Å²) in [7, 11) is 0. The van der Waals surface area contributed by atoms with Crippen molar-refractivity contribution in [3.05, 3.63) is 0 Å². The summed E-state index contributed by atoms with van der Waals surface area (Å²) < 4.78 is 0. The van der Waals surface area contributed by atoms with Gasteiger partial charge in [-0.15, -0.1) is 0 Å². The number of hydrogen-bond acceptors (Lipinski definition) is 1. The maximum absolute atomic E-state index is 3.69. The Labute approximate surface area is 82.3 Å². The van der Waals surface area contributed by atoms with Gasteiger partial charge in [-0.25, -0.2) is 0 Å². The Balaban J connectivity index is 1.77. The first kappa shape index (κ1) is 9.51. The third-order valence-corrected chi connectivity index (χ3v) is 5.04. The van der Waals surface area contributed by atoms with E-state index in [-0.39, 0.29) is 0 Å². The minimum Gasteiger partial charge on any atom is -0.314 e. The highest BCUT2D eigenvalue weighted by molar-refractivity contribution is 5.13. The van der Waals surface area contributed by atoms with Crippen molar-refractivity contribution in [3.8, 4) is 0 Å². The van der Waals surface area contributed by atoms with E-state index in [4.69, 9.17) is 0 Å². The van der Waals surface area contributed by atoms with Crippen molar-refractivity contribution < 1.29 is 0 Å². The van der Waals surface area contributed by atoms with Gasteiger partial charge in [0.15, 0.2) is 0 Å². The van der Waals surface area contributed by atoms with Gasteiger partial charge < -0.3 is 5.32 Å². The van der Waals surface area contributed by atoms with Crippen molar-refractivity contribution >= 4 is 0 Å². The fourth-order valence-corrected chi connectivity index (χ4v) is 2.74. The lowest BCUT2D eigenvalue weighted by Gasteiger charge is -2.27. The van der Waals surface area contributed by atoms with Crippen molar-refractivity contribution in [2.45, 2.75) is 53.0 Å². The molecule has 1 N–H and O–H groups in total. The van der Waals surface area contributed by atoms with E-state index in [9.17, 15) is 0 Å². The molecule has 13 heavy (non-hydrogen) atoms. The molecule has 2 fully saturated rings. The van der Waals surface area contributed by atoms with Crippen molar-refractivity contribution in [1.82, 2.24) is 5.32 Å². The van der Waals surface area contributed by atoms with Crippen LogP contribution in [0.1, 0.15) is 47.0 Å². The maximum atomic E-state index is 3.69. The Bertz CT molecular complexity index is 187. The topological polar surface area (TPSA) is 12.0 Å². The predicted octanol–water partition coefficient (Wildman–Crippen LogP) is 2.81. The zero-order valence-electron chi connectivity index (χ0n) is 9.48. The van der Waals surface area contributed by atoms with Crippen LogP contribution in [0.5, 0.6) is 0 Å². The summed E-state index contributed by atoms with van der Waals surface area (Å²) in [5.41, 5.74) is 1.12. The first-order valence-electron chi connectivity index (χ1n) is 5.69. The van der Waals surface area contributed by atoms with E-state index in [2.05, 4.69) is 33.0 Å². The summed E-state index contributed by atoms with van der Waals surface area (Å²) in [5, 5.41) is 3.69. The predicted molar refractivity (Wildman–Crippen MR) is 56.7 cm³/mol.